The second kappa shape index (κ2) is 8.78. The summed E-state index contributed by atoms with van der Waals surface area (Å²) in [4.78, 5) is 18.1. The fraction of sp³-hybridized carbons (Fsp3) is 0.667. The molecular formula is C21H38O3SiSn. The van der Waals surface area contributed by atoms with Crippen LogP contribution in [-0.2, 0) is 22.2 Å². The summed E-state index contributed by atoms with van der Waals surface area (Å²) in [6, 6.07) is 2.23. The van der Waals surface area contributed by atoms with Crippen LogP contribution in [0.15, 0.2) is 22.6 Å². The van der Waals surface area contributed by atoms with Crippen LogP contribution >= 0.6 is 0 Å². The van der Waals surface area contributed by atoms with Gasteiger partial charge in [0.25, 0.3) is 0 Å². The van der Waals surface area contributed by atoms with Gasteiger partial charge in [0.2, 0.25) is 0 Å². The molecule has 1 heterocycles. The van der Waals surface area contributed by atoms with E-state index in [2.05, 4.69) is 61.3 Å². The maximum absolute atomic E-state index is 11.0. The fourth-order valence-electron chi connectivity index (χ4n) is 2.40. The van der Waals surface area contributed by atoms with Crippen LogP contribution < -0.4 is 3.78 Å². The Hall–Kier alpha value is -0.334. The van der Waals surface area contributed by atoms with Gasteiger partial charge in [0.15, 0.2) is 0 Å². The minimum atomic E-state index is -2.32. The maximum atomic E-state index is 11.0. The van der Waals surface area contributed by atoms with Crippen molar-refractivity contribution in [2.75, 3.05) is 0 Å². The third-order valence-corrected chi connectivity index (χ3v) is 14.9. The van der Waals surface area contributed by atoms with Gasteiger partial charge in [-0.05, 0) is 0 Å². The van der Waals surface area contributed by atoms with E-state index in [9.17, 15) is 4.79 Å². The quantitative estimate of drug-likeness (QED) is 0.257. The van der Waals surface area contributed by atoms with Gasteiger partial charge in [0.05, 0.1) is 0 Å². The Morgan fingerprint density at radius 2 is 1.92 bits per heavy atom. The van der Waals surface area contributed by atoms with Crippen molar-refractivity contribution in [3.05, 3.63) is 29.5 Å². The normalized spacial score (nSPS) is 14.3. The molecular weight excluding hydrogens is 447 g/mol. The molecule has 1 rings (SSSR count). The average molecular weight is 485 g/mol. The summed E-state index contributed by atoms with van der Waals surface area (Å²) in [5.74, 6) is 1.12. The number of hydrogen-bond acceptors (Lipinski definition) is 3. The monoisotopic (exact) mass is 486 g/mol. The number of carbonyl (C=O) groups excluding carboxylic acids is 1. The first-order valence-electron chi connectivity index (χ1n) is 9.54. The molecule has 0 unspecified atom stereocenters. The first-order chi connectivity index (χ1) is 11.7. The summed E-state index contributed by atoms with van der Waals surface area (Å²) in [7, 11) is -1.82. The summed E-state index contributed by atoms with van der Waals surface area (Å²) in [6.07, 6.45) is 2.21. The van der Waals surface area contributed by atoms with Gasteiger partial charge in [-0.25, -0.2) is 0 Å². The SMILES string of the molecule is C=C(C)[C@@H](CC=O)Cc1o[c]([Sn]([CH3])([CH3])[CH3])cc1CO[Si](C)(C)C(C)(C)C. The Bertz CT molecular complexity index is 633. The topological polar surface area (TPSA) is 39.4 Å². The molecule has 1 aromatic heterocycles. The van der Waals surface area contributed by atoms with Crippen molar-refractivity contribution < 1.29 is 13.6 Å². The zero-order chi connectivity index (χ0) is 20.3. The molecule has 0 aromatic carbocycles. The Morgan fingerprint density at radius 3 is 2.35 bits per heavy atom. The number of hydrogen-bond donors (Lipinski definition) is 0. The molecule has 148 valence electrons. The number of allylic oxidation sites excluding steroid dienone is 1. The summed E-state index contributed by atoms with van der Waals surface area (Å²) in [5, 5.41) is 0.181. The molecule has 0 amide bonds. The van der Waals surface area contributed by atoms with Crippen LogP contribution in [0.25, 0.3) is 0 Å². The van der Waals surface area contributed by atoms with Gasteiger partial charge < -0.3 is 0 Å². The molecule has 0 bridgehead atoms. The van der Waals surface area contributed by atoms with E-state index in [0.29, 0.717) is 13.0 Å². The second-order valence-electron chi connectivity index (χ2n) is 10.0. The van der Waals surface area contributed by atoms with Gasteiger partial charge in [-0.1, -0.05) is 0 Å². The summed E-state index contributed by atoms with van der Waals surface area (Å²) < 4.78 is 14.0. The van der Waals surface area contributed by atoms with Crippen LogP contribution in [0.2, 0.25) is 33.0 Å². The summed E-state index contributed by atoms with van der Waals surface area (Å²) >= 11 is -2.32. The Labute approximate surface area is 165 Å². The molecule has 5 heteroatoms. The van der Waals surface area contributed by atoms with Crippen LogP contribution in [0.5, 0.6) is 0 Å². The zero-order valence-electron chi connectivity index (χ0n) is 18.3. The van der Waals surface area contributed by atoms with Gasteiger partial charge >= 0.3 is 166 Å². The third-order valence-electron chi connectivity index (χ3n) is 5.54. The Kier molecular flexibility index (Phi) is 8.00. The van der Waals surface area contributed by atoms with Crippen LogP contribution in [0, 0.1) is 5.92 Å². The molecule has 0 aliphatic heterocycles. The molecule has 0 spiro atoms. The van der Waals surface area contributed by atoms with E-state index in [1.54, 1.807) is 0 Å². The molecule has 0 radical (unpaired) electrons. The fourth-order valence-corrected chi connectivity index (χ4v) is 6.31. The number of carbonyl (C=O) groups is 1. The molecule has 0 N–H and O–H groups in total. The van der Waals surface area contributed by atoms with E-state index < -0.39 is 26.7 Å². The van der Waals surface area contributed by atoms with Crippen molar-refractivity contribution in [1.82, 2.24) is 0 Å². The molecule has 0 aliphatic rings. The molecule has 3 nitrogen and oxygen atoms in total. The van der Waals surface area contributed by atoms with E-state index in [-0.39, 0.29) is 11.0 Å². The van der Waals surface area contributed by atoms with Crippen molar-refractivity contribution in [3.63, 3.8) is 0 Å². The Balaban J connectivity index is 3.14. The van der Waals surface area contributed by atoms with Crippen molar-refractivity contribution >= 4 is 36.8 Å². The van der Waals surface area contributed by atoms with Crippen molar-refractivity contribution in [1.29, 1.82) is 0 Å². The number of furan rings is 1. The van der Waals surface area contributed by atoms with Crippen molar-refractivity contribution in [3.8, 4) is 0 Å². The standard InChI is InChI=1S/C18H29O3Si.3CH3.Sn/c1-14(2)15(8-10-19)12-17-16(9-11-20-17)13-21-22(6,7)18(3,4)5;;;;/h9-10,15H,1,8,12-13H2,2-7H3;3*1H3;/t15-;;;;/m0..../s1. The van der Waals surface area contributed by atoms with Gasteiger partial charge in [-0.15, -0.1) is 0 Å². The predicted octanol–water partition coefficient (Wildman–Crippen LogP) is 5.67. The summed E-state index contributed by atoms with van der Waals surface area (Å²) in [5.41, 5.74) is 2.19. The molecule has 1 atom stereocenters. The molecule has 26 heavy (non-hydrogen) atoms. The minimum absolute atomic E-state index is 0.133. The van der Waals surface area contributed by atoms with Gasteiger partial charge in [-0.3, -0.25) is 0 Å². The molecule has 0 saturated carbocycles. The average Bonchev–Trinajstić information content (AvgIpc) is 2.86. The summed E-state index contributed by atoms with van der Waals surface area (Å²) in [6.45, 7) is 18.0. The van der Waals surface area contributed by atoms with E-state index in [0.717, 1.165) is 29.6 Å². The number of aldehydes is 1. The van der Waals surface area contributed by atoms with E-state index >= 15 is 0 Å². The van der Waals surface area contributed by atoms with Gasteiger partial charge in [-0.2, -0.15) is 0 Å². The Morgan fingerprint density at radius 1 is 1.35 bits per heavy atom. The van der Waals surface area contributed by atoms with Crippen LogP contribution in [-0.4, -0.2) is 33.0 Å². The predicted molar refractivity (Wildman–Crippen MR) is 116 cm³/mol. The second-order valence-corrected chi connectivity index (χ2v) is 29.1. The van der Waals surface area contributed by atoms with E-state index in [4.69, 9.17) is 8.84 Å². The molecule has 0 fully saturated rings. The first-order valence-corrected chi connectivity index (χ1v) is 22.4. The van der Waals surface area contributed by atoms with Crippen LogP contribution in [0.4, 0.5) is 0 Å². The van der Waals surface area contributed by atoms with Gasteiger partial charge in [0, 0.05) is 0 Å². The van der Waals surface area contributed by atoms with E-state index in [1.807, 2.05) is 6.92 Å². The van der Waals surface area contributed by atoms with Crippen molar-refractivity contribution in [2.45, 2.75) is 80.1 Å². The molecule has 1 aromatic rings. The van der Waals surface area contributed by atoms with Crippen LogP contribution in [0.3, 0.4) is 0 Å². The molecule has 0 saturated heterocycles. The molecule has 0 aliphatic carbocycles. The zero-order valence-corrected chi connectivity index (χ0v) is 22.1. The van der Waals surface area contributed by atoms with E-state index in [1.165, 1.54) is 3.78 Å². The van der Waals surface area contributed by atoms with Gasteiger partial charge in [0.1, 0.15) is 0 Å². The third kappa shape index (κ3) is 6.38. The number of rotatable bonds is 9. The van der Waals surface area contributed by atoms with Crippen molar-refractivity contribution in [2.24, 2.45) is 5.92 Å². The first kappa shape index (κ1) is 23.7. The van der Waals surface area contributed by atoms with Crippen LogP contribution in [0.1, 0.15) is 45.4 Å².